The van der Waals surface area contributed by atoms with Crippen LogP contribution in [0, 0.1) is 5.82 Å². The Labute approximate surface area is 146 Å². The van der Waals surface area contributed by atoms with E-state index in [0.29, 0.717) is 12.3 Å². The quantitative estimate of drug-likeness (QED) is 0.807. The van der Waals surface area contributed by atoms with Crippen LogP contribution in [0.3, 0.4) is 0 Å². The van der Waals surface area contributed by atoms with Crippen molar-refractivity contribution >= 4 is 17.7 Å². The Morgan fingerprint density at radius 2 is 1.96 bits per heavy atom. The number of halogens is 1. The Kier molecular flexibility index (Phi) is 5.51. The fraction of sp³-hybridized carbons (Fsp3) is 0.368. The molecule has 0 aliphatic heterocycles. The topological polar surface area (TPSA) is 42.0 Å². The van der Waals surface area contributed by atoms with E-state index in [2.05, 4.69) is 10.3 Å². The molecule has 2 aromatic rings. The maximum atomic E-state index is 13.6. The van der Waals surface area contributed by atoms with Crippen LogP contribution in [0.15, 0.2) is 53.7 Å². The summed E-state index contributed by atoms with van der Waals surface area (Å²) in [5, 5.41) is 3.06. The number of nitrogens with one attached hydrogen (secondary N) is 1. The van der Waals surface area contributed by atoms with Crippen LogP contribution in [0.5, 0.6) is 0 Å². The minimum atomic E-state index is -0.210. The number of hydrogen-bond acceptors (Lipinski definition) is 3. The summed E-state index contributed by atoms with van der Waals surface area (Å²) in [7, 11) is 0. The molecule has 0 atom stereocenters. The molecule has 1 amide bonds. The maximum absolute atomic E-state index is 13.6. The lowest BCUT2D eigenvalue weighted by Gasteiger charge is -2.30. The Morgan fingerprint density at radius 3 is 2.67 bits per heavy atom. The lowest BCUT2D eigenvalue weighted by molar-refractivity contribution is -0.118. The molecule has 24 heavy (non-hydrogen) atoms. The zero-order chi connectivity index (χ0) is 16.8. The van der Waals surface area contributed by atoms with Gasteiger partial charge in [-0.1, -0.05) is 25.0 Å². The Balaban J connectivity index is 1.59. The van der Waals surface area contributed by atoms with Crippen molar-refractivity contribution in [2.45, 2.75) is 36.0 Å². The van der Waals surface area contributed by atoms with Crippen molar-refractivity contribution in [2.24, 2.45) is 0 Å². The highest BCUT2D eigenvalue weighted by atomic mass is 32.2. The van der Waals surface area contributed by atoms with Crippen LogP contribution in [-0.4, -0.2) is 23.2 Å². The fourth-order valence-electron chi connectivity index (χ4n) is 3.34. The second-order valence-corrected chi connectivity index (χ2v) is 7.29. The maximum Gasteiger partial charge on any atom is 0.230 e. The first kappa shape index (κ1) is 17.0. The molecular weight excluding hydrogens is 323 g/mol. The average Bonchev–Trinajstić information content (AvgIpc) is 3.09. The normalized spacial score (nSPS) is 16.0. The van der Waals surface area contributed by atoms with Crippen LogP contribution in [-0.2, 0) is 10.2 Å². The first-order valence-corrected chi connectivity index (χ1v) is 9.22. The summed E-state index contributed by atoms with van der Waals surface area (Å²) in [6, 6.07) is 10.6. The Bertz CT molecular complexity index is 687. The zero-order valence-electron chi connectivity index (χ0n) is 13.5. The summed E-state index contributed by atoms with van der Waals surface area (Å²) in [4.78, 5) is 17.2. The van der Waals surface area contributed by atoms with Gasteiger partial charge in [0.15, 0.2) is 0 Å². The monoisotopic (exact) mass is 344 g/mol. The molecule has 0 spiro atoms. The van der Waals surface area contributed by atoms with Gasteiger partial charge in [0.25, 0.3) is 0 Å². The molecule has 0 radical (unpaired) electrons. The molecule has 1 heterocycles. The van der Waals surface area contributed by atoms with Gasteiger partial charge in [-0.25, -0.2) is 4.39 Å². The third-order valence-corrected chi connectivity index (χ3v) is 5.65. The second kappa shape index (κ2) is 7.79. The minimum Gasteiger partial charge on any atom is -0.354 e. The molecule has 1 aliphatic rings. The number of benzene rings is 1. The number of nitrogens with zero attached hydrogens (tertiary/aromatic N) is 1. The predicted molar refractivity (Wildman–Crippen MR) is 94.5 cm³/mol. The van der Waals surface area contributed by atoms with Gasteiger partial charge in [0, 0.05) is 29.2 Å². The number of pyridine rings is 1. The van der Waals surface area contributed by atoms with E-state index < -0.39 is 0 Å². The van der Waals surface area contributed by atoms with Crippen molar-refractivity contribution < 1.29 is 9.18 Å². The van der Waals surface area contributed by atoms with Crippen LogP contribution >= 0.6 is 11.8 Å². The predicted octanol–water partition coefficient (Wildman–Crippen LogP) is 3.94. The van der Waals surface area contributed by atoms with Gasteiger partial charge in [-0.05, 0) is 42.7 Å². The number of rotatable bonds is 6. The van der Waals surface area contributed by atoms with Crippen LogP contribution in [0.2, 0.25) is 0 Å². The summed E-state index contributed by atoms with van der Waals surface area (Å²) >= 11 is 1.50. The van der Waals surface area contributed by atoms with E-state index in [1.54, 1.807) is 24.5 Å². The van der Waals surface area contributed by atoms with E-state index in [0.717, 1.165) is 36.1 Å². The van der Waals surface area contributed by atoms with Crippen LogP contribution < -0.4 is 5.32 Å². The molecule has 126 valence electrons. The van der Waals surface area contributed by atoms with E-state index in [-0.39, 0.29) is 17.1 Å². The molecule has 1 N–H and O–H groups in total. The highest BCUT2D eigenvalue weighted by Crippen LogP contribution is 2.40. The molecule has 0 unspecified atom stereocenters. The van der Waals surface area contributed by atoms with Gasteiger partial charge in [0.05, 0.1) is 5.75 Å². The van der Waals surface area contributed by atoms with Gasteiger partial charge in [-0.3, -0.25) is 9.78 Å². The molecule has 1 aromatic carbocycles. The van der Waals surface area contributed by atoms with Crippen molar-refractivity contribution in [1.29, 1.82) is 0 Å². The molecule has 5 heteroatoms. The molecular formula is C19H21FN2OS. The Morgan fingerprint density at radius 1 is 1.21 bits per heavy atom. The van der Waals surface area contributed by atoms with Crippen LogP contribution in [0.4, 0.5) is 4.39 Å². The number of carbonyl (C=O) groups is 1. The van der Waals surface area contributed by atoms with Gasteiger partial charge >= 0.3 is 0 Å². The summed E-state index contributed by atoms with van der Waals surface area (Å²) in [5.41, 5.74) is 0.876. The number of amides is 1. The highest BCUT2D eigenvalue weighted by Gasteiger charge is 2.36. The molecule has 1 fully saturated rings. The summed E-state index contributed by atoms with van der Waals surface area (Å²) in [6.45, 7) is 0.576. The lowest BCUT2D eigenvalue weighted by Crippen LogP contribution is -2.39. The average molecular weight is 344 g/mol. The van der Waals surface area contributed by atoms with E-state index >= 15 is 0 Å². The van der Waals surface area contributed by atoms with Crippen molar-refractivity contribution in [3.05, 3.63) is 60.2 Å². The van der Waals surface area contributed by atoms with E-state index in [1.807, 2.05) is 18.2 Å². The van der Waals surface area contributed by atoms with E-state index in [9.17, 15) is 9.18 Å². The molecule has 3 nitrogen and oxygen atoms in total. The Hall–Kier alpha value is -1.88. The minimum absolute atomic E-state index is 0.0134. The van der Waals surface area contributed by atoms with Gasteiger partial charge in [0.2, 0.25) is 5.91 Å². The van der Waals surface area contributed by atoms with Gasteiger partial charge in [-0.2, -0.15) is 0 Å². The van der Waals surface area contributed by atoms with Crippen molar-refractivity contribution in [3.8, 4) is 0 Å². The first-order valence-electron chi connectivity index (χ1n) is 8.24. The van der Waals surface area contributed by atoms with E-state index in [4.69, 9.17) is 0 Å². The van der Waals surface area contributed by atoms with Crippen LogP contribution in [0.1, 0.15) is 31.2 Å². The second-order valence-electron chi connectivity index (χ2n) is 6.25. The first-order chi connectivity index (χ1) is 11.7. The summed E-state index contributed by atoms with van der Waals surface area (Å²) in [6.07, 6.45) is 7.67. The number of thioether (sulfide) groups is 1. The number of hydrogen-bond donors (Lipinski definition) is 1. The van der Waals surface area contributed by atoms with Gasteiger partial charge < -0.3 is 5.32 Å². The molecule has 3 rings (SSSR count). The van der Waals surface area contributed by atoms with Crippen LogP contribution in [0.25, 0.3) is 0 Å². The summed E-state index contributed by atoms with van der Waals surface area (Å²) < 4.78 is 13.6. The molecule has 0 saturated heterocycles. The largest absolute Gasteiger partial charge is 0.354 e. The third-order valence-electron chi connectivity index (χ3n) is 4.64. The molecule has 1 saturated carbocycles. The molecule has 1 aromatic heterocycles. The van der Waals surface area contributed by atoms with Crippen molar-refractivity contribution in [3.63, 3.8) is 0 Å². The van der Waals surface area contributed by atoms with Gasteiger partial charge in [0.1, 0.15) is 5.82 Å². The SMILES string of the molecule is O=C(CSc1ccncc1)NCC1(c2cccc(F)c2)CCCC1. The summed E-state index contributed by atoms with van der Waals surface area (Å²) in [5.74, 6) is 0.182. The van der Waals surface area contributed by atoms with Crippen molar-refractivity contribution in [2.75, 3.05) is 12.3 Å². The zero-order valence-corrected chi connectivity index (χ0v) is 14.3. The number of carbonyl (C=O) groups excluding carboxylic acids is 1. The standard InChI is InChI=1S/C19H21FN2OS/c20-16-5-3-4-15(12-16)19(8-1-2-9-19)14-22-18(23)13-24-17-6-10-21-11-7-17/h3-7,10-12H,1-2,8-9,13-14H2,(H,22,23). The fourth-order valence-corrected chi connectivity index (χ4v) is 4.05. The lowest BCUT2D eigenvalue weighted by atomic mass is 9.79. The van der Waals surface area contributed by atoms with Crippen molar-refractivity contribution in [1.82, 2.24) is 10.3 Å². The molecule has 0 bridgehead atoms. The highest BCUT2D eigenvalue weighted by molar-refractivity contribution is 8.00. The third kappa shape index (κ3) is 4.15. The number of aromatic nitrogens is 1. The molecule has 1 aliphatic carbocycles. The van der Waals surface area contributed by atoms with E-state index in [1.165, 1.54) is 17.8 Å². The smallest absolute Gasteiger partial charge is 0.230 e. The van der Waals surface area contributed by atoms with Gasteiger partial charge in [-0.15, -0.1) is 11.8 Å².